The molecule has 1 rings (SSSR count). The molecule has 0 aliphatic rings. The topological polar surface area (TPSA) is 29.5 Å². The summed E-state index contributed by atoms with van der Waals surface area (Å²) in [5, 5.41) is 0. The maximum absolute atomic E-state index is 12.5. The Morgan fingerprint density at radius 2 is 1.53 bits per heavy atom. The van der Waals surface area contributed by atoms with E-state index in [0.717, 1.165) is 6.04 Å². The number of alkyl halides is 10. The van der Waals surface area contributed by atoms with Gasteiger partial charge in [0.2, 0.25) is 12.1 Å². The van der Waals surface area contributed by atoms with Crippen molar-refractivity contribution in [3.05, 3.63) is 54.9 Å². The van der Waals surface area contributed by atoms with Crippen LogP contribution in [0.1, 0.15) is 12.8 Å². The second kappa shape index (κ2) is 18.0. The van der Waals surface area contributed by atoms with E-state index in [-0.39, 0.29) is 6.54 Å². The van der Waals surface area contributed by atoms with Crippen molar-refractivity contribution < 1.29 is 53.4 Å². The second-order valence-corrected chi connectivity index (χ2v) is 11.6. The highest BCUT2D eigenvalue weighted by atomic mass is 28.3. The van der Waals surface area contributed by atoms with Gasteiger partial charge in [-0.3, -0.25) is 4.79 Å². The Morgan fingerprint density at radius 1 is 1.03 bits per heavy atom. The number of amides is 1. The van der Waals surface area contributed by atoms with Gasteiger partial charge in [0.1, 0.15) is 13.1 Å². The van der Waals surface area contributed by atoms with Crippen LogP contribution in [0.25, 0.3) is 0 Å². The Balaban J connectivity index is 0. The number of para-hydroxylation sites is 1. The number of carbonyl (C=O) groups excluding carboxylic acids is 1. The smallest absolute Gasteiger partial charge is 0.319 e. The lowest BCUT2D eigenvalue weighted by atomic mass is 10.2. The van der Waals surface area contributed by atoms with Crippen molar-refractivity contribution >= 4 is 19.7 Å². The van der Waals surface area contributed by atoms with E-state index in [2.05, 4.69) is 24.4 Å². The Hall–Kier alpha value is -2.35. The predicted octanol–water partition coefficient (Wildman–Crippen LogP) is 7.60. The lowest BCUT2D eigenvalue weighted by Crippen LogP contribution is -2.36. The van der Waals surface area contributed by atoms with Crippen LogP contribution in [-0.4, -0.2) is 59.4 Å². The van der Waals surface area contributed by atoms with E-state index in [1.165, 1.54) is 4.90 Å². The summed E-state index contributed by atoms with van der Waals surface area (Å²) in [6.45, 7) is 5.88. The number of benzene rings is 1. The molecule has 0 aromatic heterocycles. The van der Waals surface area contributed by atoms with Gasteiger partial charge in [-0.2, -0.15) is 26.3 Å². The third-order valence-electron chi connectivity index (χ3n) is 4.40. The van der Waals surface area contributed by atoms with E-state index in [1.54, 1.807) is 30.3 Å². The molecule has 0 aliphatic heterocycles. The van der Waals surface area contributed by atoms with Gasteiger partial charge >= 0.3 is 12.4 Å². The van der Waals surface area contributed by atoms with Crippen LogP contribution in [0.15, 0.2) is 54.9 Å². The molecule has 0 aliphatic carbocycles. The van der Waals surface area contributed by atoms with E-state index in [0.29, 0.717) is 12.1 Å². The van der Waals surface area contributed by atoms with E-state index >= 15 is 0 Å². The number of carbonyl (C=O) groups is 1. The summed E-state index contributed by atoms with van der Waals surface area (Å²) in [6.07, 6.45) is -13.7. The molecule has 36 heavy (non-hydrogen) atoms. The molecular formula is C22H29F10NO2Si. The molecule has 0 fully saturated rings. The van der Waals surface area contributed by atoms with Crippen molar-refractivity contribution in [3.63, 3.8) is 0 Å². The minimum Gasteiger partial charge on any atom is -0.319 e. The lowest BCUT2D eigenvalue weighted by molar-refractivity contribution is -0.183. The van der Waals surface area contributed by atoms with Crippen molar-refractivity contribution in [1.82, 2.24) is 0 Å². The highest BCUT2D eigenvalue weighted by Crippen LogP contribution is 2.25. The maximum Gasteiger partial charge on any atom is 0.422 e. The zero-order valence-corrected chi connectivity index (χ0v) is 20.5. The molecular weight excluding hydrogens is 528 g/mol. The molecule has 1 unspecified atom stereocenters. The molecule has 0 saturated carbocycles. The number of rotatable bonds is 11. The van der Waals surface area contributed by atoms with Crippen LogP contribution in [-0.2, 0) is 9.53 Å². The fraction of sp³-hybridized carbons (Fsp3) is 0.500. The van der Waals surface area contributed by atoms with Gasteiger partial charge in [-0.25, -0.2) is 17.6 Å². The Morgan fingerprint density at radius 3 is 1.83 bits per heavy atom. The fourth-order valence-corrected chi connectivity index (χ4v) is 3.79. The molecule has 0 heterocycles. The summed E-state index contributed by atoms with van der Waals surface area (Å²) >= 11 is 0. The van der Waals surface area contributed by atoms with Gasteiger partial charge in [-0.05, 0) is 24.6 Å². The molecule has 3 nitrogen and oxygen atoms in total. The van der Waals surface area contributed by atoms with Gasteiger partial charge in [0.15, 0.2) is 13.7 Å². The zero-order chi connectivity index (χ0) is 28.4. The number of halogens is 10. The van der Waals surface area contributed by atoms with Gasteiger partial charge in [0, 0.05) is 12.2 Å². The molecule has 0 bridgehead atoms. The Bertz CT molecular complexity index is 735. The van der Waals surface area contributed by atoms with Crippen LogP contribution in [0.2, 0.25) is 12.6 Å². The lowest BCUT2D eigenvalue weighted by Gasteiger charge is -2.25. The van der Waals surface area contributed by atoms with Crippen LogP contribution in [0, 0.1) is 0 Å². The highest BCUT2D eigenvalue weighted by Gasteiger charge is 2.40. The molecule has 0 N–H and O–H groups in total. The molecule has 0 spiro atoms. The van der Waals surface area contributed by atoms with E-state index in [1.807, 2.05) is 11.4 Å². The van der Waals surface area contributed by atoms with Gasteiger partial charge in [0.05, 0.1) is 8.07 Å². The van der Waals surface area contributed by atoms with Gasteiger partial charge in [-0.15, -0.1) is 13.2 Å². The standard InChI is InChI=1S/C17H22F3NOSi.C3H3F5.C2H4F2O/c1-4-23(3,5-2)13-9-12-21(15-10-7-6-8-11-15)16(22)14-17(18,19)20;4-1-2(5)3(6,7)8;3-1-5-2-4/h4-8,10-11H,1-2,9,12-14H2,3H3;2H,1H2;1-2H2. The van der Waals surface area contributed by atoms with Crippen LogP contribution < -0.4 is 4.90 Å². The molecule has 0 saturated heterocycles. The molecule has 1 aromatic carbocycles. The summed E-state index contributed by atoms with van der Waals surface area (Å²) in [5.74, 6) is -0.927. The summed E-state index contributed by atoms with van der Waals surface area (Å²) in [5.41, 5.74) is 4.27. The third-order valence-corrected chi connectivity index (χ3v) is 7.69. The predicted molar refractivity (Wildman–Crippen MR) is 121 cm³/mol. The van der Waals surface area contributed by atoms with Crippen molar-refractivity contribution in [2.24, 2.45) is 0 Å². The quantitative estimate of drug-likeness (QED) is 0.207. The first kappa shape index (κ1) is 35.8. The zero-order valence-electron chi connectivity index (χ0n) is 19.5. The van der Waals surface area contributed by atoms with Crippen molar-refractivity contribution in [1.29, 1.82) is 0 Å². The summed E-state index contributed by atoms with van der Waals surface area (Å²) in [7, 11) is -1.78. The first-order valence-corrected chi connectivity index (χ1v) is 13.1. The summed E-state index contributed by atoms with van der Waals surface area (Å²) in [4.78, 5) is 13.2. The van der Waals surface area contributed by atoms with E-state index < -0.39 is 59.3 Å². The monoisotopic (exact) mass is 557 g/mol. The number of anilines is 1. The normalized spacial score (nSPS) is 12.3. The van der Waals surface area contributed by atoms with Crippen molar-refractivity contribution in [2.45, 2.75) is 44.0 Å². The fourth-order valence-electron chi connectivity index (χ4n) is 2.29. The number of hydrogen-bond donors (Lipinski definition) is 0. The van der Waals surface area contributed by atoms with Crippen LogP contribution in [0.5, 0.6) is 0 Å². The van der Waals surface area contributed by atoms with Crippen LogP contribution >= 0.6 is 0 Å². The average molecular weight is 558 g/mol. The summed E-state index contributed by atoms with van der Waals surface area (Å²) < 4.78 is 117. The number of ether oxygens (including phenoxy) is 1. The Labute approximate surface area is 204 Å². The van der Waals surface area contributed by atoms with Crippen molar-refractivity contribution in [2.75, 3.05) is 31.8 Å². The summed E-state index contributed by atoms with van der Waals surface area (Å²) in [6, 6.07) is 9.25. The van der Waals surface area contributed by atoms with Crippen molar-refractivity contribution in [3.8, 4) is 0 Å². The molecule has 14 heteroatoms. The van der Waals surface area contributed by atoms with Gasteiger partial charge < -0.3 is 9.64 Å². The minimum atomic E-state index is -5.03. The number of nitrogens with zero attached hydrogens (tertiary/aromatic N) is 1. The molecule has 0 radical (unpaired) electrons. The Kier molecular flexibility index (Phi) is 17.9. The average Bonchev–Trinajstić information content (AvgIpc) is 2.81. The first-order valence-electron chi connectivity index (χ1n) is 10.3. The molecule has 1 aromatic rings. The van der Waals surface area contributed by atoms with E-state index in [4.69, 9.17) is 0 Å². The maximum atomic E-state index is 12.5. The largest absolute Gasteiger partial charge is 0.422 e. The number of hydrogen-bond acceptors (Lipinski definition) is 2. The molecule has 1 atom stereocenters. The van der Waals surface area contributed by atoms with Gasteiger partial charge in [0.25, 0.3) is 0 Å². The third kappa shape index (κ3) is 17.1. The minimum absolute atomic E-state index is 0.253. The van der Waals surface area contributed by atoms with Crippen LogP contribution in [0.4, 0.5) is 49.6 Å². The van der Waals surface area contributed by atoms with Gasteiger partial charge in [-0.1, -0.05) is 36.1 Å². The second-order valence-electron chi connectivity index (χ2n) is 7.28. The highest BCUT2D eigenvalue weighted by molar-refractivity contribution is 6.87. The van der Waals surface area contributed by atoms with E-state index in [9.17, 15) is 48.7 Å². The molecule has 1 amide bonds. The first-order chi connectivity index (χ1) is 16.6. The van der Waals surface area contributed by atoms with Crippen LogP contribution in [0.3, 0.4) is 0 Å². The SMILES string of the molecule is C=C[Si](C)(C=C)CCCN(C(=O)CC(F)(F)F)c1ccccc1.FCC(F)C(F)(F)F.FCOCF. The molecule has 208 valence electrons.